The second kappa shape index (κ2) is 15.8. The van der Waals surface area contributed by atoms with Crippen molar-refractivity contribution in [1.82, 2.24) is 0 Å². The van der Waals surface area contributed by atoms with E-state index < -0.39 is 0 Å². The van der Waals surface area contributed by atoms with Gasteiger partial charge in [-0.2, -0.15) is 0 Å². The van der Waals surface area contributed by atoms with Crippen LogP contribution >= 0.6 is 11.6 Å². The molecule has 0 rings (SSSR count). The van der Waals surface area contributed by atoms with Gasteiger partial charge in [-0.1, -0.05) is 57.0 Å². The molecule has 0 unspecified atom stereocenters. The summed E-state index contributed by atoms with van der Waals surface area (Å²) in [5.41, 5.74) is 2.89. The fourth-order valence-electron chi connectivity index (χ4n) is 2.21. The van der Waals surface area contributed by atoms with E-state index in [1.165, 1.54) is 20.0 Å². The van der Waals surface area contributed by atoms with Crippen LogP contribution in [-0.4, -0.2) is 18.9 Å². The molecule has 0 saturated carbocycles. The quantitative estimate of drug-likeness (QED) is 0.176. The number of methoxy groups -OCH3 is 1. The number of ketones is 1. The molecular weight excluding hydrogens is 312 g/mol. The molecule has 0 radical (unpaired) electrons. The van der Waals surface area contributed by atoms with Crippen molar-refractivity contribution < 1.29 is 14.3 Å². The Morgan fingerprint density at radius 3 is 2.26 bits per heavy atom. The van der Waals surface area contributed by atoms with Crippen molar-refractivity contribution in [2.45, 2.75) is 84.0 Å². The Labute approximate surface area is 146 Å². The normalized spacial score (nSPS) is 10.0. The summed E-state index contributed by atoms with van der Waals surface area (Å²) < 4.78 is 4.59. The molecular formula is C19H31ClO3. The maximum atomic E-state index is 11.7. The minimum Gasteiger partial charge on any atom is -0.469 e. The first-order chi connectivity index (χ1) is 11.1. The van der Waals surface area contributed by atoms with Crippen LogP contribution in [0.2, 0.25) is 0 Å². The Kier molecular flexibility index (Phi) is 15.1. The van der Waals surface area contributed by atoms with Crippen LogP contribution in [0, 0.1) is 0 Å². The molecule has 0 atom stereocenters. The minimum atomic E-state index is -0.132. The van der Waals surface area contributed by atoms with Gasteiger partial charge in [-0.15, -0.1) is 5.73 Å². The molecule has 0 amide bonds. The summed E-state index contributed by atoms with van der Waals surface area (Å²) in [6.07, 6.45) is 13.3. The molecule has 132 valence electrons. The first kappa shape index (κ1) is 21.9. The van der Waals surface area contributed by atoms with Gasteiger partial charge in [0.1, 0.15) is 5.03 Å². The van der Waals surface area contributed by atoms with Crippen LogP contribution in [0.3, 0.4) is 0 Å². The van der Waals surface area contributed by atoms with Crippen LogP contribution in [0.15, 0.2) is 16.8 Å². The van der Waals surface area contributed by atoms with Crippen molar-refractivity contribution >= 4 is 23.4 Å². The molecule has 0 N–H and O–H groups in total. The summed E-state index contributed by atoms with van der Waals surface area (Å²) in [7, 11) is 1.42. The van der Waals surface area contributed by atoms with Gasteiger partial charge in [0.25, 0.3) is 0 Å². The number of halogens is 1. The van der Waals surface area contributed by atoms with Crippen molar-refractivity contribution in [2.75, 3.05) is 7.11 Å². The van der Waals surface area contributed by atoms with E-state index in [0.717, 1.165) is 51.4 Å². The van der Waals surface area contributed by atoms with E-state index in [1.807, 2.05) is 6.08 Å². The largest absolute Gasteiger partial charge is 0.469 e. The summed E-state index contributed by atoms with van der Waals surface area (Å²) in [6, 6.07) is 0. The third kappa shape index (κ3) is 14.3. The zero-order valence-corrected chi connectivity index (χ0v) is 15.4. The number of rotatable bonds is 14. The van der Waals surface area contributed by atoms with Crippen molar-refractivity contribution in [3.8, 4) is 0 Å². The summed E-state index contributed by atoms with van der Waals surface area (Å²) in [5, 5.41) is 0.236. The lowest BCUT2D eigenvalue weighted by Gasteiger charge is -1.99. The summed E-state index contributed by atoms with van der Waals surface area (Å²) in [6.45, 7) is 2.15. The zero-order chi connectivity index (χ0) is 17.3. The molecule has 0 bridgehead atoms. The highest BCUT2D eigenvalue weighted by molar-refractivity contribution is 6.42. The van der Waals surface area contributed by atoms with Gasteiger partial charge in [-0.25, -0.2) is 0 Å². The fraction of sp³-hybridized carbons (Fsp3) is 0.737. The van der Waals surface area contributed by atoms with E-state index >= 15 is 0 Å². The van der Waals surface area contributed by atoms with E-state index in [4.69, 9.17) is 11.6 Å². The van der Waals surface area contributed by atoms with Crippen molar-refractivity contribution in [3.05, 3.63) is 16.8 Å². The highest BCUT2D eigenvalue weighted by Crippen LogP contribution is 2.11. The maximum Gasteiger partial charge on any atom is 0.305 e. The monoisotopic (exact) mass is 342 g/mol. The molecule has 4 heteroatoms. The van der Waals surface area contributed by atoms with Gasteiger partial charge in [0.15, 0.2) is 5.78 Å². The Morgan fingerprint density at radius 2 is 1.57 bits per heavy atom. The van der Waals surface area contributed by atoms with Crippen LogP contribution in [0.5, 0.6) is 0 Å². The second-order valence-electron chi connectivity index (χ2n) is 5.78. The van der Waals surface area contributed by atoms with E-state index in [2.05, 4.69) is 17.4 Å². The molecule has 0 aromatic heterocycles. The lowest BCUT2D eigenvalue weighted by molar-refractivity contribution is -0.140. The first-order valence-corrected chi connectivity index (χ1v) is 9.20. The molecule has 0 heterocycles. The lowest BCUT2D eigenvalue weighted by atomic mass is 10.1. The molecule has 0 spiro atoms. The average Bonchev–Trinajstić information content (AvgIpc) is 2.56. The second-order valence-corrected chi connectivity index (χ2v) is 6.16. The maximum absolute atomic E-state index is 11.7. The van der Waals surface area contributed by atoms with Crippen LogP contribution in [0.1, 0.15) is 84.0 Å². The molecule has 23 heavy (non-hydrogen) atoms. The number of ether oxygens (including phenoxy) is 1. The number of allylic oxidation sites excluding steroid dienone is 1. The number of unbranched alkanes of at least 4 members (excludes halogenated alkanes) is 8. The lowest BCUT2D eigenvalue weighted by Crippen LogP contribution is -1.99. The van der Waals surface area contributed by atoms with Gasteiger partial charge in [-0.05, 0) is 31.8 Å². The molecule has 0 saturated heterocycles. The standard InChI is InChI=1S/C19H31ClO3/c1-3-4-5-12-15-18(21)17(20)14-11-9-7-6-8-10-13-16-19(22)23-2/h11H,3-10,12-13,15-16H2,1-2H3. The van der Waals surface area contributed by atoms with Gasteiger partial charge < -0.3 is 4.74 Å². The van der Waals surface area contributed by atoms with E-state index in [1.54, 1.807) is 0 Å². The van der Waals surface area contributed by atoms with Crippen LogP contribution in [0.25, 0.3) is 0 Å². The number of carbonyl (C=O) groups excluding carboxylic acids is 2. The smallest absolute Gasteiger partial charge is 0.305 e. The highest BCUT2D eigenvalue weighted by Gasteiger charge is 2.05. The summed E-state index contributed by atoms with van der Waals surface area (Å²) in [5.74, 6) is -0.131. The van der Waals surface area contributed by atoms with Crippen LogP contribution in [-0.2, 0) is 14.3 Å². The first-order valence-electron chi connectivity index (χ1n) is 8.82. The van der Waals surface area contributed by atoms with Crippen molar-refractivity contribution in [2.24, 2.45) is 0 Å². The highest BCUT2D eigenvalue weighted by atomic mass is 35.5. The predicted molar refractivity (Wildman–Crippen MR) is 95.6 cm³/mol. The predicted octanol–water partition coefficient (Wildman–Crippen LogP) is 5.71. The molecule has 0 aliphatic carbocycles. The van der Waals surface area contributed by atoms with Gasteiger partial charge in [-0.3, -0.25) is 9.59 Å². The average molecular weight is 343 g/mol. The third-order valence-electron chi connectivity index (χ3n) is 3.69. The van der Waals surface area contributed by atoms with Gasteiger partial charge in [0.05, 0.1) is 7.11 Å². The number of carbonyl (C=O) groups is 2. The zero-order valence-electron chi connectivity index (χ0n) is 14.7. The van der Waals surface area contributed by atoms with Gasteiger partial charge >= 0.3 is 5.97 Å². The van der Waals surface area contributed by atoms with Crippen LogP contribution < -0.4 is 0 Å². The fourth-order valence-corrected chi connectivity index (χ4v) is 2.38. The number of Topliss-reactive ketones (excluding diaryl/α,β-unsaturated/α-hetero) is 1. The third-order valence-corrected chi connectivity index (χ3v) is 4.01. The van der Waals surface area contributed by atoms with Crippen molar-refractivity contribution in [1.29, 1.82) is 0 Å². The molecule has 0 aliphatic heterocycles. The molecule has 0 aromatic carbocycles. The topological polar surface area (TPSA) is 43.4 Å². The number of esters is 1. The minimum absolute atomic E-state index is 0.00169. The van der Waals surface area contributed by atoms with E-state index in [-0.39, 0.29) is 16.8 Å². The van der Waals surface area contributed by atoms with Gasteiger partial charge in [0, 0.05) is 12.8 Å². The Bertz CT molecular complexity index is 395. The summed E-state index contributed by atoms with van der Waals surface area (Å²) >= 11 is 5.95. The molecule has 0 aromatic rings. The van der Waals surface area contributed by atoms with E-state index in [9.17, 15) is 9.59 Å². The van der Waals surface area contributed by atoms with E-state index in [0.29, 0.717) is 12.8 Å². The SMILES string of the molecule is CCCCCCC(=O)C(Cl)=C=CCCCCCCCC(=O)OC. The summed E-state index contributed by atoms with van der Waals surface area (Å²) in [4.78, 5) is 22.7. The Hall–Kier alpha value is -1.05. The number of hydrogen-bond donors (Lipinski definition) is 0. The van der Waals surface area contributed by atoms with Crippen molar-refractivity contribution in [3.63, 3.8) is 0 Å². The van der Waals surface area contributed by atoms with Crippen LogP contribution in [0.4, 0.5) is 0 Å². The Balaban J connectivity index is 3.66. The molecule has 0 aliphatic rings. The molecule has 3 nitrogen and oxygen atoms in total. The molecule has 0 fully saturated rings. The Morgan fingerprint density at radius 1 is 0.957 bits per heavy atom. The number of hydrogen-bond acceptors (Lipinski definition) is 3. The van der Waals surface area contributed by atoms with Gasteiger partial charge in [0.2, 0.25) is 0 Å².